The summed E-state index contributed by atoms with van der Waals surface area (Å²) in [6.45, 7) is 7.82. The molecule has 0 spiro atoms. The Bertz CT molecular complexity index is 689. The maximum Gasteiger partial charge on any atom is 0.124 e. The first-order valence-electron chi connectivity index (χ1n) is 8.40. The molecule has 1 aromatic rings. The zero-order valence-electron chi connectivity index (χ0n) is 15.5. The molecule has 2 aliphatic rings. The molecule has 0 bridgehead atoms. The predicted octanol–water partition coefficient (Wildman–Crippen LogP) is 6.27. The van der Waals surface area contributed by atoms with Gasteiger partial charge in [-0.3, -0.25) is 0 Å². The van der Waals surface area contributed by atoms with E-state index in [1.165, 1.54) is 5.57 Å². The van der Waals surface area contributed by atoms with Crippen LogP contribution in [0.15, 0.2) is 58.3 Å². The van der Waals surface area contributed by atoms with Crippen molar-refractivity contribution >= 4 is 15.9 Å². The second kappa shape index (κ2) is 10.1. The van der Waals surface area contributed by atoms with Crippen LogP contribution in [0.2, 0.25) is 0 Å². The number of rotatable bonds is 1. The lowest BCUT2D eigenvalue weighted by Crippen LogP contribution is -2.07. The van der Waals surface area contributed by atoms with Crippen LogP contribution in [0.1, 0.15) is 31.4 Å². The van der Waals surface area contributed by atoms with Crippen LogP contribution < -0.4 is 4.74 Å². The van der Waals surface area contributed by atoms with Crippen molar-refractivity contribution in [3.05, 3.63) is 69.5 Å². The number of hydrogen-bond donors (Lipinski definition) is 2. The number of aryl methyl sites for hydroxylation is 2. The van der Waals surface area contributed by atoms with E-state index in [9.17, 15) is 5.11 Å². The van der Waals surface area contributed by atoms with E-state index in [1.54, 1.807) is 25.3 Å². The number of allylic oxidation sites excluding steroid dienone is 8. The monoisotopic (exact) mass is 406 g/mol. The summed E-state index contributed by atoms with van der Waals surface area (Å²) in [5, 5.41) is 18.4. The summed E-state index contributed by atoms with van der Waals surface area (Å²) in [6.07, 6.45) is 10.7. The molecule has 2 N–H and O–H groups in total. The van der Waals surface area contributed by atoms with E-state index in [1.807, 2.05) is 39.8 Å². The van der Waals surface area contributed by atoms with Gasteiger partial charge in [0, 0.05) is 16.8 Å². The molecule has 3 nitrogen and oxygen atoms in total. The van der Waals surface area contributed by atoms with Gasteiger partial charge >= 0.3 is 0 Å². The average molecular weight is 407 g/mol. The maximum absolute atomic E-state index is 9.28. The maximum atomic E-state index is 9.28. The fraction of sp³-hybridized carbons (Fsp3) is 0.333. The summed E-state index contributed by atoms with van der Waals surface area (Å²) in [6, 6.07) is 3.37. The SMILES string of the molecule is CC.COc1c(C)cc(O)cc1C.OC1=CC=C2C=CC(Br)=CC2C1. The zero-order chi connectivity index (χ0) is 19.0. The smallest absolute Gasteiger partial charge is 0.124 e. The lowest BCUT2D eigenvalue weighted by molar-refractivity contribution is 0.373. The van der Waals surface area contributed by atoms with E-state index in [0.717, 1.165) is 27.8 Å². The second-order valence-corrected chi connectivity index (χ2v) is 6.55. The van der Waals surface area contributed by atoms with Crippen molar-refractivity contribution in [2.75, 3.05) is 7.11 Å². The number of phenols is 1. The average Bonchev–Trinajstić information content (AvgIpc) is 2.56. The Morgan fingerprint density at radius 3 is 2.20 bits per heavy atom. The molecule has 4 heteroatoms. The number of aromatic hydroxyl groups is 1. The summed E-state index contributed by atoms with van der Waals surface area (Å²) in [5.74, 6) is 1.97. The zero-order valence-corrected chi connectivity index (χ0v) is 17.1. The third-order valence-electron chi connectivity index (χ3n) is 3.77. The minimum atomic E-state index is 0.292. The van der Waals surface area contributed by atoms with Gasteiger partial charge in [0.1, 0.15) is 11.5 Å². The highest BCUT2D eigenvalue weighted by molar-refractivity contribution is 9.11. The molecule has 0 saturated carbocycles. The van der Waals surface area contributed by atoms with E-state index in [2.05, 4.69) is 28.1 Å². The van der Waals surface area contributed by atoms with Crippen molar-refractivity contribution in [1.82, 2.24) is 0 Å². The molecule has 0 saturated heterocycles. The normalized spacial score (nSPS) is 17.5. The molecule has 1 unspecified atom stereocenters. The highest BCUT2D eigenvalue weighted by Crippen LogP contribution is 2.32. The molecule has 0 heterocycles. The quantitative estimate of drug-likeness (QED) is 0.577. The first-order chi connectivity index (χ1) is 11.9. The van der Waals surface area contributed by atoms with Crippen molar-refractivity contribution < 1.29 is 14.9 Å². The van der Waals surface area contributed by atoms with Gasteiger partial charge in [-0.2, -0.15) is 0 Å². The van der Waals surface area contributed by atoms with E-state index >= 15 is 0 Å². The van der Waals surface area contributed by atoms with Crippen LogP contribution in [-0.4, -0.2) is 17.3 Å². The Balaban J connectivity index is 0.000000229. The highest BCUT2D eigenvalue weighted by atomic mass is 79.9. The number of aliphatic hydroxyl groups is 1. The lowest BCUT2D eigenvalue weighted by Gasteiger charge is -2.20. The predicted molar refractivity (Wildman–Crippen MR) is 109 cm³/mol. The van der Waals surface area contributed by atoms with Crippen molar-refractivity contribution in [1.29, 1.82) is 0 Å². The number of fused-ring (bicyclic) bond motifs is 1. The lowest BCUT2D eigenvalue weighted by atomic mass is 9.87. The molecule has 0 radical (unpaired) electrons. The fourth-order valence-corrected chi connectivity index (χ4v) is 3.19. The fourth-order valence-electron chi connectivity index (χ4n) is 2.73. The number of halogens is 1. The minimum absolute atomic E-state index is 0.292. The Hall–Kier alpha value is -1.94. The molecule has 0 aliphatic heterocycles. The van der Waals surface area contributed by atoms with Gasteiger partial charge in [-0.15, -0.1) is 0 Å². The summed E-state index contributed by atoms with van der Waals surface area (Å²) >= 11 is 3.42. The van der Waals surface area contributed by atoms with Gasteiger partial charge < -0.3 is 14.9 Å². The van der Waals surface area contributed by atoms with Crippen LogP contribution in [0.5, 0.6) is 11.5 Å². The molecule has 2 aliphatic carbocycles. The summed E-state index contributed by atoms with van der Waals surface area (Å²) in [4.78, 5) is 0. The number of aliphatic hydroxyl groups excluding tert-OH is 1. The van der Waals surface area contributed by atoms with Crippen molar-refractivity contribution in [3.8, 4) is 11.5 Å². The molecule has 1 atom stereocenters. The molecular weight excluding hydrogens is 380 g/mol. The third-order valence-corrected chi connectivity index (χ3v) is 4.30. The Morgan fingerprint density at radius 1 is 1.04 bits per heavy atom. The standard InChI is InChI=1S/C10H9BrO.C9H12O2.C2H6/c11-9-3-1-7-2-4-10(12)6-8(7)5-9;1-6-4-8(10)5-7(2)9(6)11-3;1-2/h1-5,8,12H,6H2;4-5,10H,1-3H3;1-2H3. The van der Waals surface area contributed by atoms with Crippen LogP contribution in [0.3, 0.4) is 0 Å². The van der Waals surface area contributed by atoms with Crippen LogP contribution in [0, 0.1) is 19.8 Å². The Labute approximate surface area is 159 Å². The molecule has 25 heavy (non-hydrogen) atoms. The van der Waals surface area contributed by atoms with Gasteiger partial charge in [0.05, 0.1) is 12.9 Å². The van der Waals surface area contributed by atoms with E-state index in [0.29, 0.717) is 17.4 Å². The first kappa shape index (κ1) is 21.1. The van der Waals surface area contributed by atoms with Crippen LogP contribution >= 0.6 is 15.9 Å². The highest BCUT2D eigenvalue weighted by Gasteiger charge is 2.17. The molecule has 1 aromatic carbocycles. The number of hydrogen-bond acceptors (Lipinski definition) is 3. The minimum Gasteiger partial charge on any atom is -0.512 e. The number of ether oxygens (including phenoxy) is 1. The third kappa shape index (κ3) is 6.13. The van der Waals surface area contributed by atoms with E-state index < -0.39 is 0 Å². The molecule has 0 fully saturated rings. The summed E-state index contributed by atoms with van der Waals surface area (Å²) in [5.41, 5.74) is 3.20. The molecule has 0 amide bonds. The van der Waals surface area contributed by atoms with E-state index in [4.69, 9.17) is 9.84 Å². The van der Waals surface area contributed by atoms with Crippen LogP contribution in [0.4, 0.5) is 0 Å². The number of phenolic OH excluding ortho intramolecular Hbond substituents is 1. The molecule has 136 valence electrons. The Kier molecular flexibility index (Phi) is 8.56. The largest absolute Gasteiger partial charge is 0.512 e. The topological polar surface area (TPSA) is 49.7 Å². The Morgan fingerprint density at radius 2 is 1.64 bits per heavy atom. The van der Waals surface area contributed by atoms with Crippen molar-refractivity contribution in [2.24, 2.45) is 5.92 Å². The van der Waals surface area contributed by atoms with Gasteiger partial charge in [-0.1, -0.05) is 48.0 Å². The number of benzene rings is 1. The first-order valence-corrected chi connectivity index (χ1v) is 9.19. The summed E-state index contributed by atoms with van der Waals surface area (Å²) in [7, 11) is 1.63. The van der Waals surface area contributed by atoms with Gasteiger partial charge in [-0.25, -0.2) is 0 Å². The van der Waals surface area contributed by atoms with Crippen LogP contribution in [0.25, 0.3) is 0 Å². The molecule has 0 aromatic heterocycles. The summed E-state index contributed by atoms with van der Waals surface area (Å²) < 4.78 is 6.22. The second-order valence-electron chi connectivity index (χ2n) is 5.63. The van der Waals surface area contributed by atoms with E-state index in [-0.39, 0.29) is 0 Å². The van der Waals surface area contributed by atoms with Gasteiger partial charge in [0.2, 0.25) is 0 Å². The van der Waals surface area contributed by atoms with Gasteiger partial charge in [0.25, 0.3) is 0 Å². The molecular formula is C21H27BrO3. The molecule has 3 rings (SSSR count). The van der Waals surface area contributed by atoms with Crippen molar-refractivity contribution in [3.63, 3.8) is 0 Å². The van der Waals surface area contributed by atoms with Crippen molar-refractivity contribution in [2.45, 2.75) is 34.1 Å². The van der Waals surface area contributed by atoms with Gasteiger partial charge in [-0.05, 0) is 54.8 Å². The van der Waals surface area contributed by atoms with Crippen LogP contribution in [-0.2, 0) is 0 Å². The number of methoxy groups -OCH3 is 1. The van der Waals surface area contributed by atoms with Gasteiger partial charge in [0.15, 0.2) is 0 Å².